The second-order valence-electron chi connectivity index (χ2n) is 6.31. The third-order valence-electron chi connectivity index (χ3n) is 4.48. The maximum atomic E-state index is 12.0. The van der Waals surface area contributed by atoms with Crippen LogP contribution in [-0.4, -0.2) is 55.5 Å². The van der Waals surface area contributed by atoms with E-state index in [1.165, 1.54) is 5.56 Å². The van der Waals surface area contributed by atoms with Crippen LogP contribution in [0.5, 0.6) is 0 Å². The van der Waals surface area contributed by atoms with Gasteiger partial charge in [0.15, 0.2) is 0 Å². The molecule has 0 aliphatic carbocycles. The first-order valence-electron chi connectivity index (χ1n) is 8.55. The average molecular weight is 338 g/mol. The Hall–Kier alpha value is -1.10. The second kappa shape index (κ2) is 9.26. The number of nitrogens with one attached hydrogen (secondary N) is 1. The Morgan fingerprint density at radius 3 is 2.48 bits per heavy atom. The summed E-state index contributed by atoms with van der Waals surface area (Å²) in [7, 11) is 2.15. The van der Waals surface area contributed by atoms with Gasteiger partial charge in [-0.15, -0.1) is 0 Å². The van der Waals surface area contributed by atoms with Crippen LogP contribution >= 0.6 is 11.6 Å². The Morgan fingerprint density at radius 1 is 1.22 bits per heavy atom. The van der Waals surface area contributed by atoms with Gasteiger partial charge in [-0.25, -0.2) is 0 Å². The van der Waals surface area contributed by atoms with Gasteiger partial charge in [-0.1, -0.05) is 37.1 Å². The van der Waals surface area contributed by atoms with Crippen molar-refractivity contribution in [3.8, 4) is 0 Å². The minimum absolute atomic E-state index is 0.153. The molecule has 128 valence electrons. The molecule has 1 aliphatic heterocycles. The first kappa shape index (κ1) is 18.2. The predicted molar refractivity (Wildman–Crippen MR) is 95.8 cm³/mol. The largest absolute Gasteiger partial charge is 0.354 e. The summed E-state index contributed by atoms with van der Waals surface area (Å²) in [6.45, 7) is 6.94. The van der Waals surface area contributed by atoms with E-state index in [2.05, 4.69) is 41.2 Å². The molecule has 5 heteroatoms. The van der Waals surface area contributed by atoms with Crippen molar-refractivity contribution >= 4 is 17.5 Å². The van der Waals surface area contributed by atoms with Gasteiger partial charge in [0.05, 0.1) is 6.04 Å². The smallest absolute Gasteiger partial charge is 0.220 e. The van der Waals surface area contributed by atoms with Gasteiger partial charge in [0.25, 0.3) is 0 Å². The summed E-state index contributed by atoms with van der Waals surface area (Å²) >= 11 is 6.02. The lowest BCUT2D eigenvalue weighted by Gasteiger charge is -2.38. The van der Waals surface area contributed by atoms with E-state index >= 15 is 0 Å². The molecule has 1 heterocycles. The Balaban J connectivity index is 2.02. The number of carbonyl (C=O) groups is 1. The summed E-state index contributed by atoms with van der Waals surface area (Å²) in [4.78, 5) is 16.8. The van der Waals surface area contributed by atoms with Crippen LogP contribution in [0.3, 0.4) is 0 Å². The Morgan fingerprint density at radius 2 is 1.87 bits per heavy atom. The zero-order valence-corrected chi connectivity index (χ0v) is 15.0. The molecule has 1 atom stereocenters. The second-order valence-corrected chi connectivity index (χ2v) is 6.75. The van der Waals surface area contributed by atoms with E-state index in [0.717, 1.165) is 44.0 Å². The fourth-order valence-corrected chi connectivity index (χ4v) is 3.04. The standard InChI is InChI=1S/C18H28ClN3O/c1-3-4-5-18(23)20-14-17(15-6-8-16(19)9-7-15)22-12-10-21(2)11-13-22/h6-9,17H,3-5,10-14H2,1-2H3,(H,20,23). The summed E-state index contributed by atoms with van der Waals surface area (Å²) in [6.07, 6.45) is 2.62. The summed E-state index contributed by atoms with van der Waals surface area (Å²) in [5, 5.41) is 3.86. The van der Waals surface area contributed by atoms with E-state index in [4.69, 9.17) is 11.6 Å². The van der Waals surface area contributed by atoms with Gasteiger partial charge in [0.2, 0.25) is 5.91 Å². The molecule has 1 aromatic carbocycles. The average Bonchev–Trinajstić information content (AvgIpc) is 2.56. The third kappa shape index (κ3) is 5.79. The van der Waals surface area contributed by atoms with Gasteiger partial charge >= 0.3 is 0 Å². The molecule has 0 radical (unpaired) electrons. The van der Waals surface area contributed by atoms with Crippen molar-refractivity contribution in [3.05, 3.63) is 34.9 Å². The SMILES string of the molecule is CCCCC(=O)NCC(c1ccc(Cl)cc1)N1CCN(C)CC1. The topological polar surface area (TPSA) is 35.6 Å². The van der Waals surface area contributed by atoms with Crippen LogP contribution in [0.4, 0.5) is 0 Å². The Kier molecular flexibility index (Phi) is 7.34. The lowest BCUT2D eigenvalue weighted by molar-refractivity contribution is -0.121. The fraction of sp³-hybridized carbons (Fsp3) is 0.611. The number of unbranched alkanes of at least 4 members (excludes halogenated alkanes) is 1. The fourth-order valence-electron chi connectivity index (χ4n) is 2.91. The van der Waals surface area contributed by atoms with Crippen molar-refractivity contribution in [1.82, 2.24) is 15.1 Å². The van der Waals surface area contributed by atoms with Gasteiger partial charge in [-0.05, 0) is 31.2 Å². The molecule has 4 nitrogen and oxygen atoms in total. The molecule has 1 amide bonds. The maximum absolute atomic E-state index is 12.0. The summed E-state index contributed by atoms with van der Waals surface area (Å²) in [5.41, 5.74) is 1.22. The molecule has 1 fully saturated rings. The molecule has 1 unspecified atom stereocenters. The molecule has 23 heavy (non-hydrogen) atoms. The number of nitrogens with zero attached hydrogens (tertiary/aromatic N) is 2. The highest BCUT2D eigenvalue weighted by molar-refractivity contribution is 6.30. The number of benzene rings is 1. The highest BCUT2D eigenvalue weighted by atomic mass is 35.5. The number of piperazine rings is 1. The van der Waals surface area contributed by atoms with E-state index < -0.39 is 0 Å². The Labute approximate surface area is 144 Å². The van der Waals surface area contributed by atoms with Crippen LogP contribution in [0, 0.1) is 0 Å². The van der Waals surface area contributed by atoms with Crippen LogP contribution in [0.1, 0.15) is 37.8 Å². The van der Waals surface area contributed by atoms with Gasteiger partial charge in [-0.3, -0.25) is 9.69 Å². The van der Waals surface area contributed by atoms with E-state index in [1.54, 1.807) is 0 Å². The van der Waals surface area contributed by atoms with Crippen LogP contribution < -0.4 is 5.32 Å². The molecule has 1 aromatic rings. The van der Waals surface area contributed by atoms with Crippen molar-refractivity contribution in [1.29, 1.82) is 0 Å². The molecule has 0 aromatic heterocycles. The Bertz CT molecular complexity index is 484. The summed E-state index contributed by atoms with van der Waals surface area (Å²) in [5.74, 6) is 0.153. The van der Waals surface area contributed by atoms with E-state index in [9.17, 15) is 4.79 Å². The van der Waals surface area contributed by atoms with Crippen molar-refractivity contribution in [2.75, 3.05) is 39.8 Å². The molecule has 0 bridgehead atoms. The van der Waals surface area contributed by atoms with E-state index in [1.807, 2.05) is 12.1 Å². The monoisotopic (exact) mass is 337 g/mol. The molecular weight excluding hydrogens is 310 g/mol. The van der Waals surface area contributed by atoms with Crippen LogP contribution in [0.2, 0.25) is 5.02 Å². The zero-order valence-electron chi connectivity index (χ0n) is 14.2. The highest BCUT2D eigenvalue weighted by Crippen LogP contribution is 2.23. The molecule has 1 aliphatic rings. The normalized spacial score (nSPS) is 17.9. The molecule has 1 N–H and O–H groups in total. The number of halogens is 1. The number of hydrogen-bond acceptors (Lipinski definition) is 3. The number of rotatable bonds is 7. The van der Waals surface area contributed by atoms with E-state index in [0.29, 0.717) is 13.0 Å². The van der Waals surface area contributed by atoms with Gasteiger partial charge in [0, 0.05) is 44.2 Å². The minimum atomic E-state index is 0.153. The lowest BCUT2D eigenvalue weighted by Crippen LogP contribution is -2.48. The first-order valence-corrected chi connectivity index (χ1v) is 8.92. The van der Waals surface area contributed by atoms with Gasteiger partial charge < -0.3 is 10.2 Å². The third-order valence-corrected chi connectivity index (χ3v) is 4.74. The van der Waals surface area contributed by atoms with E-state index in [-0.39, 0.29) is 11.9 Å². The van der Waals surface area contributed by atoms with Crippen LogP contribution in [0.15, 0.2) is 24.3 Å². The molecular formula is C18H28ClN3O. The number of hydrogen-bond donors (Lipinski definition) is 1. The number of carbonyl (C=O) groups excluding carboxylic acids is 1. The number of amides is 1. The summed E-state index contributed by atoms with van der Waals surface area (Å²) < 4.78 is 0. The molecule has 0 saturated carbocycles. The van der Waals surface area contributed by atoms with Crippen molar-refractivity contribution in [3.63, 3.8) is 0 Å². The van der Waals surface area contributed by atoms with Crippen molar-refractivity contribution < 1.29 is 4.79 Å². The molecule has 1 saturated heterocycles. The van der Waals surface area contributed by atoms with Crippen molar-refractivity contribution in [2.24, 2.45) is 0 Å². The minimum Gasteiger partial charge on any atom is -0.354 e. The summed E-state index contributed by atoms with van der Waals surface area (Å²) in [6, 6.07) is 8.22. The zero-order chi connectivity index (χ0) is 16.7. The molecule has 2 rings (SSSR count). The number of likely N-dealkylation sites (N-methyl/N-ethyl adjacent to an activating group) is 1. The van der Waals surface area contributed by atoms with Crippen molar-refractivity contribution in [2.45, 2.75) is 32.2 Å². The predicted octanol–water partition coefficient (Wildman–Crippen LogP) is 2.93. The first-order chi connectivity index (χ1) is 11.1. The van der Waals surface area contributed by atoms with Gasteiger partial charge in [-0.2, -0.15) is 0 Å². The quantitative estimate of drug-likeness (QED) is 0.831. The molecule has 0 spiro atoms. The van der Waals surface area contributed by atoms with Crippen LogP contribution in [0.25, 0.3) is 0 Å². The van der Waals surface area contributed by atoms with Crippen LogP contribution in [-0.2, 0) is 4.79 Å². The lowest BCUT2D eigenvalue weighted by atomic mass is 10.0. The van der Waals surface area contributed by atoms with Gasteiger partial charge in [0.1, 0.15) is 0 Å². The maximum Gasteiger partial charge on any atom is 0.220 e. The highest BCUT2D eigenvalue weighted by Gasteiger charge is 2.24.